The monoisotopic (exact) mass is 327 g/mol. The van der Waals surface area contributed by atoms with Crippen LogP contribution < -0.4 is 10.1 Å². The van der Waals surface area contributed by atoms with Gasteiger partial charge in [-0.15, -0.1) is 0 Å². The minimum Gasteiger partial charge on any atom is -0.489 e. The Morgan fingerprint density at radius 2 is 1.79 bits per heavy atom. The van der Waals surface area contributed by atoms with Crippen LogP contribution in [0.3, 0.4) is 0 Å². The summed E-state index contributed by atoms with van der Waals surface area (Å²) in [6, 6.07) is 12.1. The van der Waals surface area contributed by atoms with Gasteiger partial charge in [0, 0.05) is 0 Å². The Kier molecular flexibility index (Phi) is 5.58. The third-order valence-corrected chi connectivity index (χ3v) is 3.35. The number of carboxylic acid groups (broad SMARTS) is 1. The summed E-state index contributed by atoms with van der Waals surface area (Å²) in [4.78, 5) is 23.4. The van der Waals surface area contributed by atoms with Crippen molar-refractivity contribution in [2.45, 2.75) is 33.3 Å². The number of amides is 1. The highest BCUT2D eigenvalue weighted by molar-refractivity contribution is 5.96. The lowest BCUT2D eigenvalue weighted by atomic mass is 10.1. The lowest BCUT2D eigenvalue weighted by Gasteiger charge is -2.15. The Morgan fingerprint density at radius 1 is 1.12 bits per heavy atom. The second-order valence-electron chi connectivity index (χ2n) is 5.89. The number of nitrogens with one attached hydrogen (secondary N) is 1. The smallest absolute Gasteiger partial charge is 0.335 e. The van der Waals surface area contributed by atoms with Gasteiger partial charge >= 0.3 is 5.97 Å². The molecule has 1 amide bonds. The molecule has 0 saturated carbocycles. The summed E-state index contributed by atoms with van der Waals surface area (Å²) in [6.45, 7) is 5.71. The van der Waals surface area contributed by atoms with E-state index < -0.39 is 5.97 Å². The minimum absolute atomic E-state index is 0.0894. The summed E-state index contributed by atoms with van der Waals surface area (Å²) >= 11 is 0. The van der Waals surface area contributed by atoms with Crippen molar-refractivity contribution >= 4 is 17.6 Å². The molecule has 0 spiro atoms. The number of carbonyl (C=O) groups is 2. The van der Waals surface area contributed by atoms with E-state index in [0.29, 0.717) is 11.4 Å². The van der Waals surface area contributed by atoms with E-state index in [0.717, 1.165) is 11.1 Å². The van der Waals surface area contributed by atoms with E-state index in [-0.39, 0.29) is 24.0 Å². The van der Waals surface area contributed by atoms with Gasteiger partial charge in [-0.05, 0) is 44.5 Å². The van der Waals surface area contributed by atoms with Gasteiger partial charge in [0.1, 0.15) is 5.75 Å². The molecule has 0 aliphatic heterocycles. The summed E-state index contributed by atoms with van der Waals surface area (Å²) in [7, 11) is 0. The lowest BCUT2D eigenvalue weighted by molar-refractivity contribution is -0.115. The number of aryl methyl sites for hydroxylation is 1. The molecule has 0 unspecified atom stereocenters. The molecule has 0 fully saturated rings. The van der Waals surface area contributed by atoms with Crippen molar-refractivity contribution in [3.05, 3.63) is 59.2 Å². The van der Waals surface area contributed by atoms with Gasteiger partial charge in [0.25, 0.3) is 0 Å². The third kappa shape index (κ3) is 4.84. The van der Waals surface area contributed by atoms with Crippen LogP contribution in [0, 0.1) is 6.92 Å². The van der Waals surface area contributed by atoms with Crippen molar-refractivity contribution in [3.8, 4) is 5.75 Å². The van der Waals surface area contributed by atoms with Crippen molar-refractivity contribution < 1.29 is 19.4 Å². The van der Waals surface area contributed by atoms with Crippen LogP contribution in [-0.4, -0.2) is 23.1 Å². The largest absolute Gasteiger partial charge is 0.489 e. The average Bonchev–Trinajstić information content (AvgIpc) is 2.50. The van der Waals surface area contributed by atoms with E-state index in [1.807, 2.05) is 45.0 Å². The Balaban J connectivity index is 2.18. The summed E-state index contributed by atoms with van der Waals surface area (Å²) in [5.41, 5.74) is 2.47. The van der Waals surface area contributed by atoms with Crippen LogP contribution >= 0.6 is 0 Å². The standard InChI is InChI=1S/C19H21NO4/c1-12(2)24-17-9-8-15(19(22)23)11-16(17)20-18(21)10-14-6-4-13(3)5-7-14/h4-9,11-12H,10H2,1-3H3,(H,20,21)(H,22,23). The zero-order valence-electron chi connectivity index (χ0n) is 14.0. The molecule has 126 valence electrons. The Labute approximate surface area is 141 Å². The van der Waals surface area contributed by atoms with Crippen LogP contribution in [0.25, 0.3) is 0 Å². The van der Waals surface area contributed by atoms with E-state index in [9.17, 15) is 9.59 Å². The molecule has 2 rings (SSSR count). The number of benzene rings is 2. The number of carboxylic acids is 1. The van der Waals surface area contributed by atoms with E-state index in [4.69, 9.17) is 9.84 Å². The fourth-order valence-corrected chi connectivity index (χ4v) is 2.20. The Morgan fingerprint density at radius 3 is 2.38 bits per heavy atom. The van der Waals surface area contributed by atoms with Crippen LogP contribution in [0.15, 0.2) is 42.5 Å². The first-order valence-corrected chi connectivity index (χ1v) is 7.74. The molecular formula is C19H21NO4. The number of rotatable bonds is 6. The molecule has 0 atom stereocenters. The fraction of sp³-hybridized carbons (Fsp3) is 0.263. The van der Waals surface area contributed by atoms with Crippen molar-refractivity contribution in [1.82, 2.24) is 0 Å². The molecule has 2 aromatic carbocycles. The Bertz CT molecular complexity index is 736. The van der Waals surface area contributed by atoms with Crippen LogP contribution in [0.2, 0.25) is 0 Å². The second kappa shape index (κ2) is 7.64. The zero-order valence-corrected chi connectivity index (χ0v) is 14.0. The number of aromatic carboxylic acids is 1. The number of hydrogen-bond donors (Lipinski definition) is 2. The molecule has 0 aliphatic rings. The molecule has 0 bridgehead atoms. The highest BCUT2D eigenvalue weighted by Crippen LogP contribution is 2.27. The van der Waals surface area contributed by atoms with Crippen LogP contribution in [0.5, 0.6) is 5.75 Å². The molecule has 0 saturated heterocycles. The van der Waals surface area contributed by atoms with E-state index in [2.05, 4.69) is 5.32 Å². The van der Waals surface area contributed by atoms with Crippen molar-refractivity contribution in [2.75, 3.05) is 5.32 Å². The lowest BCUT2D eigenvalue weighted by Crippen LogP contribution is -2.17. The molecule has 5 heteroatoms. The van der Waals surface area contributed by atoms with Crippen LogP contribution in [0.1, 0.15) is 35.3 Å². The maximum Gasteiger partial charge on any atom is 0.335 e. The molecule has 2 aromatic rings. The first-order valence-electron chi connectivity index (χ1n) is 7.74. The van der Waals surface area contributed by atoms with Crippen molar-refractivity contribution in [2.24, 2.45) is 0 Å². The molecule has 24 heavy (non-hydrogen) atoms. The summed E-state index contributed by atoms with van der Waals surface area (Å²) < 4.78 is 5.64. The minimum atomic E-state index is -1.06. The van der Waals surface area contributed by atoms with Crippen molar-refractivity contribution in [1.29, 1.82) is 0 Å². The number of hydrogen-bond acceptors (Lipinski definition) is 3. The predicted octanol–water partition coefficient (Wildman–Crippen LogP) is 3.66. The van der Waals surface area contributed by atoms with E-state index in [1.54, 1.807) is 6.07 Å². The van der Waals surface area contributed by atoms with Gasteiger partial charge in [-0.3, -0.25) is 4.79 Å². The number of anilines is 1. The summed E-state index contributed by atoms with van der Waals surface area (Å²) in [6.07, 6.45) is 0.118. The molecule has 0 heterocycles. The highest BCUT2D eigenvalue weighted by atomic mass is 16.5. The maximum absolute atomic E-state index is 12.3. The van der Waals surface area contributed by atoms with Crippen LogP contribution in [-0.2, 0) is 11.2 Å². The molecule has 0 aliphatic carbocycles. The zero-order chi connectivity index (χ0) is 17.7. The van der Waals surface area contributed by atoms with Gasteiger partial charge in [-0.2, -0.15) is 0 Å². The summed E-state index contributed by atoms with van der Waals surface area (Å²) in [5.74, 6) is -0.831. The first kappa shape index (κ1) is 17.5. The van der Waals surface area contributed by atoms with Crippen molar-refractivity contribution in [3.63, 3.8) is 0 Å². The molecule has 0 aromatic heterocycles. The maximum atomic E-state index is 12.3. The normalized spacial score (nSPS) is 10.5. The van der Waals surface area contributed by atoms with Gasteiger partial charge < -0.3 is 15.2 Å². The van der Waals surface area contributed by atoms with Gasteiger partial charge in [0.05, 0.1) is 23.8 Å². The highest BCUT2D eigenvalue weighted by Gasteiger charge is 2.13. The van der Waals surface area contributed by atoms with Gasteiger partial charge in [0.15, 0.2) is 0 Å². The molecule has 2 N–H and O–H groups in total. The SMILES string of the molecule is Cc1ccc(CC(=O)Nc2cc(C(=O)O)ccc2OC(C)C)cc1. The summed E-state index contributed by atoms with van der Waals surface area (Å²) in [5, 5.41) is 11.9. The number of ether oxygens (including phenoxy) is 1. The topological polar surface area (TPSA) is 75.6 Å². The van der Waals surface area contributed by atoms with E-state index in [1.165, 1.54) is 12.1 Å². The van der Waals surface area contributed by atoms with Gasteiger partial charge in [0.2, 0.25) is 5.91 Å². The quantitative estimate of drug-likeness (QED) is 0.849. The molecule has 5 nitrogen and oxygen atoms in total. The van der Waals surface area contributed by atoms with Crippen LogP contribution in [0.4, 0.5) is 5.69 Å². The second-order valence-corrected chi connectivity index (χ2v) is 5.89. The molecule has 0 radical (unpaired) electrons. The fourth-order valence-electron chi connectivity index (χ4n) is 2.20. The number of carbonyl (C=O) groups excluding carboxylic acids is 1. The average molecular weight is 327 g/mol. The van der Waals surface area contributed by atoms with Gasteiger partial charge in [-0.25, -0.2) is 4.79 Å². The first-order chi connectivity index (χ1) is 11.3. The van der Waals surface area contributed by atoms with E-state index >= 15 is 0 Å². The molecular weight excluding hydrogens is 306 g/mol. The predicted molar refractivity (Wildman–Crippen MR) is 92.7 cm³/mol. The Hall–Kier alpha value is -2.82. The van der Waals surface area contributed by atoms with Gasteiger partial charge in [-0.1, -0.05) is 29.8 Å². The third-order valence-electron chi connectivity index (χ3n) is 3.35.